The smallest absolute Gasteiger partial charge is 0.351 e. The van der Waals surface area contributed by atoms with Gasteiger partial charge in [-0.3, -0.25) is 0 Å². The van der Waals surface area contributed by atoms with E-state index in [1.807, 2.05) is 36.4 Å². The van der Waals surface area contributed by atoms with Crippen molar-refractivity contribution < 1.29 is 23.7 Å². The van der Waals surface area contributed by atoms with Gasteiger partial charge in [0.2, 0.25) is 6.10 Å². The minimum Gasteiger partial charge on any atom is -0.496 e. The van der Waals surface area contributed by atoms with Gasteiger partial charge in [-0.15, -0.1) is 0 Å². The summed E-state index contributed by atoms with van der Waals surface area (Å²) in [5.41, 5.74) is 0.801. The molecule has 1 aliphatic heterocycles. The lowest BCUT2D eigenvalue weighted by Gasteiger charge is -2.25. The predicted molar refractivity (Wildman–Crippen MR) is 79.1 cm³/mol. The van der Waals surface area contributed by atoms with Crippen molar-refractivity contribution >= 4 is 5.97 Å². The summed E-state index contributed by atoms with van der Waals surface area (Å²) >= 11 is 0. The molecule has 5 nitrogen and oxygen atoms in total. The van der Waals surface area contributed by atoms with Gasteiger partial charge in [0.1, 0.15) is 19.0 Å². The van der Waals surface area contributed by atoms with Crippen molar-refractivity contribution in [2.75, 3.05) is 13.7 Å². The molecule has 1 heterocycles. The Morgan fingerprint density at radius 2 is 1.86 bits per heavy atom. The van der Waals surface area contributed by atoms with Gasteiger partial charge in [0.25, 0.3) is 0 Å². The normalized spacial score (nSPS) is 16.0. The number of rotatable bonds is 4. The molecule has 0 fully saturated rings. The van der Waals surface area contributed by atoms with Gasteiger partial charge in [0.15, 0.2) is 11.5 Å². The summed E-state index contributed by atoms with van der Waals surface area (Å²) in [6.45, 7) is 0.270. The number of hydrogen-bond donors (Lipinski definition) is 0. The number of carbonyl (C=O) groups is 1. The largest absolute Gasteiger partial charge is 0.496 e. The van der Waals surface area contributed by atoms with E-state index in [9.17, 15) is 4.79 Å². The van der Waals surface area contributed by atoms with E-state index in [1.54, 1.807) is 19.2 Å². The number of fused-ring (bicyclic) bond motifs is 1. The van der Waals surface area contributed by atoms with E-state index in [1.165, 1.54) is 0 Å². The monoisotopic (exact) mass is 300 g/mol. The molecule has 2 aromatic carbocycles. The van der Waals surface area contributed by atoms with E-state index in [-0.39, 0.29) is 13.2 Å². The Morgan fingerprint density at radius 1 is 1.14 bits per heavy atom. The van der Waals surface area contributed by atoms with E-state index in [0.29, 0.717) is 17.2 Å². The van der Waals surface area contributed by atoms with Gasteiger partial charge in [-0.2, -0.15) is 0 Å². The highest BCUT2D eigenvalue weighted by molar-refractivity contribution is 5.76. The lowest BCUT2D eigenvalue weighted by molar-refractivity contribution is -0.155. The lowest BCUT2D eigenvalue weighted by atomic mass is 10.2. The second-order valence-corrected chi connectivity index (χ2v) is 4.78. The van der Waals surface area contributed by atoms with E-state index in [4.69, 9.17) is 18.9 Å². The summed E-state index contributed by atoms with van der Waals surface area (Å²) in [6.07, 6.45) is -0.760. The SMILES string of the molecule is COc1ccccc1COC(=O)[C@H]1COc2ccccc2O1. The van der Waals surface area contributed by atoms with Crippen LogP contribution in [0.5, 0.6) is 17.2 Å². The van der Waals surface area contributed by atoms with Crippen molar-refractivity contribution in [1.29, 1.82) is 0 Å². The summed E-state index contributed by atoms with van der Waals surface area (Å²) < 4.78 is 21.6. The third-order valence-corrected chi connectivity index (χ3v) is 3.33. The van der Waals surface area contributed by atoms with Gasteiger partial charge >= 0.3 is 5.97 Å². The third kappa shape index (κ3) is 2.98. The van der Waals surface area contributed by atoms with Gasteiger partial charge < -0.3 is 18.9 Å². The number of para-hydroxylation sites is 3. The summed E-state index contributed by atoms with van der Waals surface area (Å²) in [7, 11) is 1.58. The number of benzene rings is 2. The van der Waals surface area contributed by atoms with E-state index in [2.05, 4.69) is 0 Å². The quantitative estimate of drug-likeness (QED) is 0.812. The van der Waals surface area contributed by atoms with E-state index >= 15 is 0 Å². The minimum atomic E-state index is -0.760. The number of methoxy groups -OCH3 is 1. The molecular formula is C17H16O5. The highest BCUT2D eigenvalue weighted by Crippen LogP contribution is 2.31. The first-order chi connectivity index (χ1) is 10.8. The van der Waals surface area contributed by atoms with Crippen molar-refractivity contribution in [3.05, 3.63) is 54.1 Å². The highest BCUT2D eigenvalue weighted by Gasteiger charge is 2.28. The topological polar surface area (TPSA) is 54.0 Å². The van der Waals surface area contributed by atoms with Crippen LogP contribution in [0, 0.1) is 0 Å². The van der Waals surface area contributed by atoms with Crippen LogP contribution in [-0.2, 0) is 16.1 Å². The van der Waals surface area contributed by atoms with Gasteiger partial charge in [0, 0.05) is 5.56 Å². The van der Waals surface area contributed by atoms with Crippen molar-refractivity contribution in [2.45, 2.75) is 12.7 Å². The minimum absolute atomic E-state index is 0.129. The zero-order valence-electron chi connectivity index (χ0n) is 12.2. The molecular weight excluding hydrogens is 284 g/mol. The molecule has 1 aliphatic rings. The fourth-order valence-corrected chi connectivity index (χ4v) is 2.20. The van der Waals surface area contributed by atoms with Crippen molar-refractivity contribution in [1.82, 2.24) is 0 Å². The summed E-state index contributed by atoms with van der Waals surface area (Å²) in [4.78, 5) is 12.1. The van der Waals surface area contributed by atoms with E-state index in [0.717, 1.165) is 5.56 Å². The van der Waals surface area contributed by atoms with Crippen molar-refractivity contribution in [2.24, 2.45) is 0 Å². The molecule has 114 valence electrons. The second kappa shape index (κ2) is 6.39. The molecule has 0 aliphatic carbocycles. The molecule has 2 aromatic rings. The van der Waals surface area contributed by atoms with Gasteiger partial charge in [-0.1, -0.05) is 30.3 Å². The number of esters is 1. The molecule has 0 aromatic heterocycles. The molecule has 0 saturated carbocycles. The molecule has 0 amide bonds. The number of ether oxygens (including phenoxy) is 4. The molecule has 0 radical (unpaired) electrons. The molecule has 0 N–H and O–H groups in total. The average Bonchev–Trinajstić information content (AvgIpc) is 2.59. The van der Waals surface area contributed by atoms with Crippen LogP contribution in [-0.4, -0.2) is 25.8 Å². The van der Waals surface area contributed by atoms with Gasteiger partial charge in [0.05, 0.1) is 7.11 Å². The maximum absolute atomic E-state index is 12.1. The van der Waals surface area contributed by atoms with E-state index < -0.39 is 12.1 Å². The summed E-state index contributed by atoms with van der Waals surface area (Å²) in [5, 5.41) is 0. The standard InChI is InChI=1S/C17H16O5/c1-19-13-7-3-2-6-12(13)10-21-17(18)16-11-20-14-8-4-5-9-15(14)22-16/h2-9,16H,10-11H2,1H3/t16-/m1/s1. The Labute approximate surface area is 128 Å². The first-order valence-corrected chi connectivity index (χ1v) is 6.95. The molecule has 5 heteroatoms. The highest BCUT2D eigenvalue weighted by atomic mass is 16.6. The fraction of sp³-hybridized carbons (Fsp3) is 0.235. The first kappa shape index (κ1) is 14.3. The summed E-state index contributed by atoms with van der Waals surface area (Å²) in [5.74, 6) is 1.41. The average molecular weight is 300 g/mol. The van der Waals surface area contributed by atoms with Crippen molar-refractivity contribution in [3.63, 3.8) is 0 Å². The van der Waals surface area contributed by atoms with Crippen LogP contribution in [0.1, 0.15) is 5.56 Å². The van der Waals surface area contributed by atoms with Crippen LogP contribution in [0.4, 0.5) is 0 Å². The fourth-order valence-electron chi connectivity index (χ4n) is 2.20. The zero-order valence-corrected chi connectivity index (χ0v) is 12.2. The van der Waals surface area contributed by atoms with Crippen LogP contribution < -0.4 is 14.2 Å². The lowest BCUT2D eigenvalue weighted by Crippen LogP contribution is -2.37. The van der Waals surface area contributed by atoms with Crippen LogP contribution in [0.25, 0.3) is 0 Å². The Bertz CT molecular complexity index is 668. The third-order valence-electron chi connectivity index (χ3n) is 3.33. The predicted octanol–water partition coefficient (Wildman–Crippen LogP) is 2.58. The van der Waals surface area contributed by atoms with Crippen LogP contribution in [0.2, 0.25) is 0 Å². The molecule has 1 atom stereocenters. The van der Waals surface area contributed by atoms with Crippen LogP contribution >= 0.6 is 0 Å². The molecule has 0 bridgehead atoms. The maximum Gasteiger partial charge on any atom is 0.351 e. The first-order valence-electron chi connectivity index (χ1n) is 6.95. The van der Waals surface area contributed by atoms with Gasteiger partial charge in [-0.25, -0.2) is 4.79 Å². The Kier molecular flexibility index (Phi) is 4.14. The summed E-state index contributed by atoms with van der Waals surface area (Å²) in [6, 6.07) is 14.6. The Morgan fingerprint density at radius 3 is 2.68 bits per heavy atom. The molecule has 0 saturated heterocycles. The van der Waals surface area contributed by atoms with Gasteiger partial charge in [-0.05, 0) is 18.2 Å². The Balaban J connectivity index is 1.61. The molecule has 0 spiro atoms. The number of hydrogen-bond acceptors (Lipinski definition) is 5. The molecule has 3 rings (SSSR count). The van der Waals surface area contributed by atoms with Crippen molar-refractivity contribution in [3.8, 4) is 17.2 Å². The maximum atomic E-state index is 12.1. The Hall–Kier alpha value is -2.69. The molecule has 0 unspecified atom stereocenters. The van der Waals surface area contributed by atoms with Crippen LogP contribution in [0.15, 0.2) is 48.5 Å². The number of carbonyl (C=O) groups excluding carboxylic acids is 1. The molecule has 22 heavy (non-hydrogen) atoms. The second-order valence-electron chi connectivity index (χ2n) is 4.78. The van der Waals surface area contributed by atoms with Crippen LogP contribution in [0.3, 0.4) is 0 Å². The zero-order chi connectivity index (χ0) is 15.4.